The van der Waals surface area contributed by atoms with Gasteiger partial charge in [0.15, 0.2) is 9.84 Å². The number of rotatable bonds is 3. The van der Waals surface area contributed by atoms with E-state index in [9.17, 15) is 13.2 Å². The number of piperidine rings is 1. The van der Waals surface area contributed by atoms with Gasteiger partial charge in [0.25, 0.3) is 0 Å². The molecule has 1 fully saturated rings. The Morgan fingerprint density at radius 1 is 1.47 bits per heavy atom. The lowest BCUT2D eigenvalue weighted by molar-refractivity contribution is -0.131. The van der Waals surface area contributed by atoms with Crippen molar-refractivity contribution in [3.63, 3.8) is 0 Å². The Morgan fingerprint density at radius 2 is 2.13 bits per heavy atom. The maximum absolute atomic E-state index is 11.7. The molecule has 0 aliphatic carbocycles. The van der Waals surface area contributed by atoms with E-state index in [1.165, 1.54) is 0 Å². The van der Waals surface area contributed by atoms with Gasteiger partial charge >= 0.3 is 0 Å². The summed E-state index contributed by atoms with van der Waals surface area (Å²) in [6, 6.07) is 0.0213. The van der Waals surface area contributed by atoms with Gasteiger partial charge in [-0.25, -0.2) is 8.42 Å². The molecule has 0 saturated carbocycles. The Kier molecular flexibility index (Phi) is 4.10. The minimum absolute atomic E-state index is 0.0213. The molecule has 0 aromatic rings. The van der Waals surface area contributed by atoms with E-state index in [1.54, 1.807) is 4.90 Å². The number of carbonyl (C=O) groups is 1. The van der Waals surface area contributed by atoms with E-state index in [0.717, 1.165) is 25.5 Å². The quantitative estimate of drug-likeness (QED) is 0.705. The lowest BCUT2D eigenvalue weighted by Crippen LogP contribution is -2.49. The highest BCUT2D eigenvalue weighted by Crippen LogP contribution is 2.16. The van der Waals surface area contributed by atoms with Crippen LogP contribution in [0, 0.1) is 0 Å². The molecule has 1 aliphatic heterocycles. The van der Waals surface area contributed by atoms with Crippen molar-refractivity contribution in [2.24, 2.45) is 5.73 Å². The zero-order valence-corrected chi connectivity index (χ0v) is 9.79. The fourth-order valence-corrected chi connectivity index (χ4v) is 2.50. The third-order valence-electron chi connectivity index (χ3n) is 2.61. The standard InChI is InChI=1S/C9H18N2O3S/c1-15(13,14)7-9(12)11-5-3-2-4-8(11)6-10/h8H,2-7,10H2,1H3. The molecule has 1 atom stereocenters. The van der Waals surface area contributed by atoms with E-state index >= 15 is 0 Å². The molecule has 0 aromatic carbocycles. The second-order valence-corrected chi connectivity index (χ2v) is 6.18. The molecule has 1 heterocycles. The highest BCUT2D eigenvalue weighted by Gasteiger charge is 2.27. The molecular formula is C9H18N2O3S. The predicted molar refractivity (Wildman–Crippen MR) is 58.1 cm³/mol. The first-order valence-electron chi connectivity index (χ1n) is 5.11. The molecule has 1 unspecified atom stereocenters. The maximum atomic E-state index is 11.7. The van der Waals surface area contributed by atoms with Crippen LogP contribution in [-0.2, 0) is 14.6 Å². The lowest BCUT2D eigenvalue weighted by atomic mass is 10.0. The van der Waals surface area contributed by atoms with Crippen molar-refractivity contribution in [2.75, 3.05) is 25.1 Å². The Morgan fingerprint density at radius 3 is 2.67 bits per heavy atom. The van der Waals surface area contributed by atoms with Gasteiger partial charge in [-0.2, -0.15) is 0 Å². The first-order valence-corrected chi connectivity index (χ1v) is 7.17. The number of carbonyl (C=O) groups excluding carboxylic acids is 1. The summed E-state index contributed by atoms with van der Waals surface area (Å²) in [6.07, 6.45) is 3.95. The number of likely N-dealkylation sites (tertiary alicyclic amines) is 1. The van der Waals surface area contributed by atoms with Gasteiger partial charge in [0.2, 0.25) is 5.91 Å². The molecule has 1 amide bonds. The minimum atomic E-state index is -3.24. The average molecular weight is 234 g/mol. The molecule has 1 rings (SSSR count). The first kappa shape index (κ1) is 12.4. The molecule has 88 valence electrons. The summed E-state index contributed by atoms with van der Waals surface area (Å²) in [5.74, 6) is -0.712. The van der Waals surface area contributed by atoms with E-state index in [4.69, 9.17) is 5.73 Å². The summed E-state index contributed by atoms with van der Waals surface area (Å²) in [4.78, 5) is 13.3. The molecule has 0 spiro atoms. The van der Waals surface area contributed by atoms with E-state index in [-0.39, 0.29) is 11.9 Å². The molecule has 15 heavy (non-hydrogen) atoms. The van der Waals surface area contributed by atoms with Crippen molar-refractivity contribution in [2.45, 2.75) is 25.3 Å². The molecule has 2 N–H and O–H groups in total. The van der Waals surface area contributed by atoms with Crippen LogP contribution in [0.5, 0.6) is 0 Å². The van der Waals surface area contributed by atoms with Crippen molar-refractivity contribution in [1.29, 1.82) is 0 Å². The number of amides is 1. The summed E-state index contributed by atoms with van der Waals surface area (Å²) in [6.45, 7) is 1.05. The highest BCUT2D eigenvalue weighted by molar-refractivity contribution is 7.91. The van der Waals surface area contributed by atoms with Crippen LogP contribution in [0.2, 0.25) is 0 Å². The second-order valence-electron chi connectivity index (χ2n) is 4.04. The van der Waals surface area contributed by atoms with Crippen molar-refractivity contribution >= 4 is 15.7 Å². The summed E-state index contributed by atoms with van der Waals surface area (Å²) in [5.41, 5.74) is 5.55. The lowest BCUT2D eigenvalue weighted by Gasteiger charge is -2.34. The van der Waals surface area contributed by atoms with Gasteiger partial charge in [-0.1, -0.05) is 0 Å². The van der Waals surface area contributed by atoms with Gasteiger partial charge < -0.3 is 10.6 Å². The molecule has 1 saturated heterocycles. The molecule has 0 radical (unpaired) electrons. The Hall–Kier alpha value is -0.620. The van der Waals surface area contributed by atoms with E-state index in [2.05, 4.69) is 0 Å². The van der Waals surface area contributed by atoms with Crippen LogP contribution in [0.1, 0.15) is 19.3 Å². The Bertz CT molecular complexity index is 326. The third kappa shape index (κ3) is 3.79. The molecule has 0 aromatic heterocycles. The summed E-state index contributed by atoms with van der Waals surface area (Å²) in [7, 11) is -3.24. The van der Waals surface area contributed by atoms with Gasteiger partial charge in [-0.15, -0.1) is 0 Å². The zero-order valence-electron chi connectivity index (χ0n) is 8.98. The summed E-state index contributed by atoms with van der Waals surface area (Å²) < 4.78 is 22.0. The number of hydrogen-bond acceptors (Lipinski definition) is 4. The van der Waals surface area contributed by atoms with Crippen molar-refractivity contribution in [1.82, 2.24) is 4.90 Å². The van der Waals surface area contributed by atoms with Crippen molar-refractivity contribution in [3.8, 4) is 0 Å². The van der Waals surface area contributed by atoms with Crippen molar-refractivity contribution in [3.05, 3.63) is 0 Å². The number of sulfone groups is 1. The zero-order chi connectivity index (χ0) is 11.5. The number of nitrogens with zero attached hydrogens (tertiary/aromatic N) is 1. The van der Waals surface area contributed by atoms with Crippen LogP contribution in [0.4, 0.5) is 0 Å². The fourth-order valence-electron chi connectivity index (χ4n) is 1.88. The maximum Gasteiger partial charge on any atom is 0.238 e. The number of hydrogen-bond donors (Lipinski definition) is 1. The second kappa shape index (κ2) is 4.94. The monoisotopic (exact) mass is 234 g/mol. The predicted octanol–water partition coefficient (Wildman–Crippen LogP) is -0.629. The van der Waals surface area contributed by atoms with E-state index in [1.807, 2.05) is 0 Å². The van der Waals surface area contributed by atoms with Crippen LogP contribution >= 0.6 is 0 Å². The fraction of sp³-hybridized carbons (Fsp3) is 0.889. The molecular weight excluding hydrogens is 216 g/mol. The van der Waals surface area contributed by atoms with Gasteiger partial charge in [-0.05, 0) is 19.3 Å². The molecule has 1 aliphatic rings. The van der Waals surface area contributed by atoms with Crippen LogP contribution in [0.15, 0.2) is 0 Å². The van der Waals surface area contributed by atoms with Crippen LogP contribution < -0.4 is 5.73 Å². The Balaban J connectivity index is 2.64. The minimum Gasteiger partial charge on any atom is -0.338 e. The SMILES string of the molecule is CS(=O)(=O)CC(=O)N1CCCCC1CN. The van der Waals surface area contributed by atoms with Gasteiger partial charge in [-0.3, -0.25) is 4.79 Å². The smallest absolute Gasteiger partial charge is 0.238 e. The molecule has 0 bridgehead atoms. The van der Waals surface area contributed by atoms with Gasteiger partial charge in [0, 0.05) is 25.4 Å². The highest BCUT2D eigenvalue weighted by atomic mass is 32.2. The third-order valence-corrected chi connectivity index (χ3v) is 3.38. The number of nitrogens with two attached hydrogens (primary N) is 1. The topological polar surface area (TPSA) is 80.5 Å². The molecule has 6 heteroatoms. The van der Waals surface area contributed by atoms with E-state index in [0.29, 0.717) is 13.1 Å². The summed E-state index contributed by atoms with van der Waals surface area (Å²) in [5, 5.41) is 0. The Labute approximate surface area is 90.5 Å². The summed E-state index contributed by atoms with van der Waals surface area (Å²) >= 11 is 0. The van der Waals surface area contributed by atoms with E-state index < -0.39 is 15.6 Å². The first-order chi connectivity index (χ1) is 6.94. The normalized spacial score (nSPS) is 22.8. The van der Waals surface area contributed by atoms with Crippen molar-refractivity contribution < 1.29 is 13.2 Å². The van der Waals surface area contributed by atoms with Crippen LogP contribution in [-0.4, -0.2) is 50.4 Å². The van der Waals surface area contributed by atoms with Gasteiger partial charge in [0.1, 0.15) is 5.75 Å². The van der Waals surface area contributed by atoms with Crippen LogP contribution in [0.3, 0.4) is 0 Å². The molecule has 5 nitrogen and oxygen atoms in total. The van der Waals surface area contributed by atoms with Crippen LogP contribution in [0.25, 0.3) is 0 Å². The largest absolute Gasteiger partial charge is 0.338 e. The van der Waals surface area contributed by atoms with Gasteiger partial charge in [0.05, 0.1) is 0 Å². The average Bonchev–Trinajstić information content (AvgIpc) is 2.15.